The monoisotopic (exact) mass is 388 g/mol. The molecular formula is C21H25ClN2OS. The second-order valence-corrected chi connectivity index (χ2v) is 7.42. The summed E-state index contributed by atoms with van der Waals surface area (Å²) >= 11 is 7.52. The van der Waals surface area contributed by atoms with Gasteiger partial charge in [0, 0.05) is 22.7 Å². The highest BCUT2D eigenvalue weighted by molar-refractivity contribution is 7.09. The lowest BCUT2D eigenvalue weighted by molar-refractivity contribution is -0.118. The first kappa shape index (κ1) is 20.4. The molecule has 1 heterocycles. The molecule has 0 aliphatic rings. The fourth-order valence-corrected chi connectivity index (χ4v) is 3.43. The van der Waals surface area contributed by atoms with Crippen molar-refractivity contribution in [3.8, 4) is 0 Å². The summed E-state index contributed by atoms with van der Waals surface area (Å²) in [5, 5.41) is 5.82. The van der Waals surface area contributed by atoms with Crippen LogP contribution in [-0.4, -0.2) is 10.9 Å². The summed E-state index contributed by atoms with van der Waals surface area (Å²) in [6, 6.07) is 10.2. The van der Waals surface area contributed by atoms with Crippen LogP contribution in [0.4, 0.5) is 0 Å². The van der Waals surface area contributed by atoms with Gasteiger partial charge in [0.25, 0.3) is 0 Å². The van der Waals surface area contributed by atoms with E-state index in [-0.39, 0.29) is 11.9 Å². The number of allylic oxidation sites excluding steroid dienone is 2. The molecule has 0 radical (unpaired) electrons. The zero-order chi connectivity index (χ0) is 18.8. The van der Waals surface area contributed by atoms with Crippen molar-refractivity contribution >= 4 is 28.8 Å². The molecule has 1 amide bonds. The number of aromatic nitrogens is 1. The summed E-state index contributed by atoms with van der Waals surface area (Å²) in [6.45, 7) is 3.80. The Morgan fingerprint density at radius 1 is 1.35 bits per heavy atom. The van der Waals surface area contributed by atoms with Crippen LogP contribution in [0.25, 0.3) is 0 Å². The molecule has 1 N–H and O–H groups in total. The Morgan fingerprint density at radius 2 is 2.12 bits per heavy atom. The molecule has 1 aromatic heterocycles. The van der Waals surface area contributed by atoms with E-state index < -0.39 is 0 Å². The van der Waals surface area contributed by atoms with Gasteiger partial charge in [0.2, 0.25) is 5.91 Å². The molecule has 0 aliphatic carbocycles. The number of halogens is 1. The van der Waals surface area contributed by atoms with Gasteiger partial charge in [-0.2, -0.15) is 0 Å². The molecule has 5 heteroatoms. The predicted octanol–water partition coefficient (Wildman–Crippen LogP) is 5.80. The number of rotatable bonds is 9. The molecule has 0 unspecified atom stereocenters. The SMILES string of the molecule is C/C(=C\CCC/C(=C\Cl)Cc1ccccc1)C(=O)N[C@@H](C)c1nccs1. The maximum Gasteiger partial charge on any atom is 0.247 e. The highest BCUT2D eigenvalue weighted by Gasteiger charge is 2.12. The van der Waals surface area contributed by atoms with E-state index in [9.17, 15) is 4.79 Å². The van der Waals surface area contributed by atoms with E-state index in [0.29, 0.717) is 0 Å². The van der Waals surface area contributed by atoms with E-state index in [1.54, 1.807) is 23.1 Å². The summed E-state index contributed by atoms with van der Waals surface area (Å²) in [6.07, 6.45) is 7.38. The number of carbonyl (C=O) groups excluding carboxylic acids is 1. The highest BCUT2D eigenvalue weighted by atomic mass is 35.5. The fraction of sp³-hybridized carbons (Fsp3) is 0.333. The van der Waals surface area contributed by atoms with Crippen LogP contribution >= 0.6 is 22.9 Å². The lowest BCUT2D eigenvalue weighted by Gasteiger charge is -2.11. The fourth-order valence-electron chi connectivity index (χ4n) is 2.60. The van der Waals surface area contributed by atoms with Crippen molar-refractivity contribution in [2.45, 2.75) is 45.6 Å². The second-order valence-electron chi connectivity index (χ2n) is 6.27. The summed E-state index contributed by atoms with van der Waals surface area (Å²) in [7, 11) is 0. The molecule has 0 fully saturated rings. The molecular weight excluding hydrogens is 364 g/mol. The third kappa shape index (κ3) is 6.77. The van der Waals surface area contributed by atoms with Crippen LogP contribution in [0, 0.1) is 0 Å². The molecule has 138 valence electrons. The normalized spacial score (nSPS) is 13.5. The number of thiazole rings is 1. The van der Waals surface area contributed by atoms with Crippen LogP contribution in [0.5, 0.6) is 0 Å². The molecule has 0 bridgehead atoms. The highest BCUT2D eigenvalue weighted by Crippen LogP contribution is 2.17. The van der Waals surface area contributed by atoms with Crippen molar-refractivity contribution < 1.29 is 4.79 Å². The maximum atomic E-state index is 12.2. The van der Waals surface area contributed by atoms with Crippen molar-refractivity contribution in [1.82, 2.24) is 10.3 Å². The van der Waals surface area contributed by atoms with Crippen molar-refractivity contribution in [2.75, 3.05) is 0 Å². The van der Waals surface area contributed by atoms with Crippen LogP contribution in [-0.2, 0) is 11.2 Å². The molecule has 1 atom stereocenters. The molecule has 0 aliphatic heterocycles. The molecule has 2 rings (SSSR count). The summed E-state index contributed by atoms with van der Waals surface area (Å²) in [4.78, 5) is 16.5. The van der Waals surface area contributed by atoms with Gasteiger partial charge in [-0.3, -0.25) is 4.79 Å². The third-order valence-electron chi connectivity index (χ3n) is 4.11. The minimum absolute atomic E-state index is 0.0369. The average Bonchev–Trinajstić information content (AvgIpc) is 3.19. The number of amides is 1. The van der Waals surface area contributed by atoms with Crippen LogP contribution in [0.2, 0.25) is 0 Å². The molecule has 1 aromatic carbocycles. The van der Waals surface area contributed by atoms with Gasteiger partial charge in [0.05, 0.1) is 6.04 Å². The topological polar surface area (TPSA) is 42.0 Å². The molecule has 0 spiro atoms. The smallest absolute Gasteiger partial charge is 0.247 e. The number of nitrogens with one attached hydrogen (secondary N) is 1. The number of benzene rings is 1. The van der Waals surface area contributed by atoms with E-state index >= 15 is 0 Å². The zero-order valence-electron chi connectivity index (χ0n) is 15.2. The minimum atomic E-state index is -0.0671. The Labute approximate surface area is 164 Å². The van der Waals surface area contributed by atoms with Gasteiger partial charge < -0.3 is 5.32 Å². The van der Waals surface area contributed by atoms with Gasteiger partial charge in [-0.05, 0) is 45.1 Å². The molecule has 0 saturated heterocycles. The van der Waals surface area contributed by atoms with E-state index in [4.69, 9.17) is 11.6 Å². The van der Waals surface area contributed by atoms with E-state index in [0.717, 1.165) is 36.3 Å². The number of hydrogen-bond acceptors (Lipinski definition) is 3. The lowest BCUT2D eigenvalue weighted by Crippen LogP contribution is -2.27. The van der Waals surface area contributed by atoms with Crippen molar-refractivity contribution in [2.24, 2.45) is 0 Å². The molecule has 2 aromatic rings. The predicted molar refractivity (Wildman–Crippen MR) is 110 cm³/mol. The first-order chi connectivity index (χ1) is 12.6. The van der Waals surface area contributed by atoms with Gasteiger partial charge in [0.1, 0.15) is 5.01 Å². The lowest BCUT2D eigenvalue weighted by atomic mass is 10.0. The zero-order valence-corrected chi connectivity index (χ0v) is 16.8. The summed E-state index contributed by atoms with van der Waals surface area (Å²) in [5.74, 6) is -0.0369. The van der Waals surface area contributed by atoms with Crippen molar-refractivity contribution in [1.29, 1.82) is 0 Å². The van der Waals surface area contributed by atoms with Crippen LogP contribution in [0.15, 0.2) is 64.7 Å². The first-order valence-corrected chi connectivity index (χ1v) is 10.1. The van der Waals surface area contributed by atoms with Gasteiger partial charge in [-0.1, -0.05) is 53.6 Å². The van der Waals surface area contributed by atoms with Crippen molar-refractivity contribution in [3.63, 3.8) is 0 Å². The number of hydrogen-bond donors (Lipinski definition) is 1. The van der Waals surface area contributed by atoms with Gasteiger partial charge in [-0.25, -0.2) is 4.98 Å². The molecule has 0 saturated carbocycles. The quantitative estimate of drug-likeness (QED) is 0.435. The first-order valence-electron chi connectivity index (χ1n) is 8.79. The largest absolute Gasteiger partial charge is 0.343 e. The third-order valence-corrected chi connectivity index (χ3v) is 5.38. The number of unbranched alkanes of at least 4 members (excludes halogenated alkanes) is 1. The minimum Gasteiger partial charge on any atom is -0.343 e. The Hall–Kier alpha value is -1.91. The maximum absolute atomic E-state index is 12.2. The average molecular weight is 389 g/mol. The van der Waals surface area contributed by atoms with E-state index in [1.165, 1.54) is 11.1 Å². The standard InChI is InChI=1S/C21H25ClN2OS/c1-16(20(25)24-17(2)21-23-12-13-26-21)8-6-7-11-19(15-22)14-18-9-4-3-5-10-18/h3-5,8-10,12-13,15,17H,6-7,11,14H2,1-2H3,(H,24,25)/b16-8+,19-15+/t17-/m0/s1. The second kappa shape index (κ2) is 10.9. The van der Waals surface area contributed by atoms with Crippen LogP contribution in [0.1, 0.15) is 49.7 Å². The Kier molecular flexibility index (Phi) is 8.59. The van der Waals surface area contributed by atoms with Crippen LogP contribution in [0.3, 0.4) is 0 Å². The van der Waals surface area contributed by atoms with E-state index in [2.05, 4.69) is 22.4 Å². The van der Waals surface area contributed by atoms with Crippen LogP contribution < -0.4 is 5.32 Å². The number of carbonyl (C=O) groups is 1. The Morgan fingerprint density at radius 3 is 2.77 bits per heavy atom. The Balaban J connectivity index is 1.75. The Bertz CT molecular complexity index is 739. The van der Waals surface area contributed by atoms with Gasteiger partial charge >= 0.3 is 0 Å². The summed E-state index contributed by atoms with van der Waals surface area (Å²) < 4.78 is 0. The van der Waals surface area contributed by atoms with Gasteiger partial charge in [0.15, 0.2) is 0 Å². The number of nitrogens with zero attached hydrogens (tertiary/aromatic N) is 1. The molecule has 26 heavy (non-hydrogen) atoms. The van der Waals surface area contributed by atoms with E-state index in [1.807, 2.05) is 43.5 Å². The van der Waals surface area contributed by atoms with Gasteiger partial charge in [-0.15, -0.1) is 11.3 Å². The summed E-state index contributed by atoms with van der Waals surface area (Å²) in [5.41, 5.74) is 4.91. The van der Waals surface area contributed by atoms with Crippen molar-refractivity contribution in [3.05, 3.63) is 75.2 Å². The molecule has 3 nitrogen and oxygen atoms in total.